The molecule has 3 heteroatoms. The summed E-state index contributed by atoms with van der Waals surface area (Å²) in [4.78, 5) is 11.2. The number of hydrogen-bond donors (Lipinski definition) is 1. The largest absolute Gasteiger partial charge is 0.462 e. The number of amides is 1. The van der Waals surface area contributed by atoms with Crippen LogP contribution in [0.3, 0.4) is 0 Å². The number of rotatable bonds is 1. The molecule has 1 aliphatic rings. The highest BCUT2D eigenvalue weighted by molar-refractivity contribution is 5.99. The highest BCUT2D eigenvalue weighted by Gasteiger charge is 2.16. The third-order valence-corrected chi connectivity index (χ3v) is 2.05. The Hall–Kier alpha value is -1.51. The zero-order valence-electron chi connectivity index (χ0n) is 7.46. The molecule has 0 saturated carbocycles. The van der Waals surface area contributed by atoms with E-state index in [2.05, 4.69) is 5.32 Å². The Kier molecular flexibility index (Phi) is 1.93. The summed E-state index contributed by atoms with van der Waals surface area (Å²) in [5.74, 6) is 1.64. The SMILES string of the molecule is Cc1ccc(/C=C2/CCNC2=O)o1. The fourth-order valence-electron chi connectivity index (χ4n) is 1.38. The third kappa shape index (κ3) is 1.64. The third-order valence-electron chi connectivity index (χ3n) is 2.05. The van der Waals surface area contributed by atoms with Crippen LogP contribution in [0.4, 0.5) is 0 Å². The number of carbonyl (C=O) groups is 1. The summed E-state index contributed by atoms with van der Waals surface area (Å²) in [5, 5.41) is 2.75. The van der Waals surface area contributed by atoms with Crippen molar-refractivity contribution >= 4 is 12.0 Å². The maximum Gasteiger partial charge on any atom is 0.247 e. The summed E-state index contributed by atoms with van der Waals surface area (Å²) in [5.41, 5.74) is 0.800. The molecule has 1 amide bonds. The van der Waals surface area contributed by atoms with Gasteiger partial charge in [0, 0.05) is 12.1 Å². The van der Waals surface area contributed by atoms with E-state index in [-0.39, 0.29) is 5.91 Å². The van der Waals surface area contributed by atoms with E-state index < -0.39 is 0 Å². The van der Waals surface area contributed by atoms with Crippen molar-refractivity contribution in [1.82, 2.24) is 5.32 Å². The minimum absolute atomic E-state index is 0.0223. The zero-order valence-corrected chi connectivity index (χ0v) is 7.46. The van der Waals surface area contributed by atoms with E-state index >= 15 is 0 Å². The molecule has 0 bridgehead atoms. The number of aryl methyl sites for hydroxylation is 1. The molecule has 1 saturated heterocycles. The standard InChI is InChI=1S/C10H11NO2/c1-7-2-3-9(13-7)6-8-4-5-11-10(8)12/h2-3,6H,4-5H2,1H3,(H,11,12)/b8-6-. The molecular formula is C10H11NO2. The van der Waals surface area contributed by atoms with E-state index in [1.54, 1.807) is 6.08 Å². The predicted molar refractivity (Wildman–Crippen MR) is 49.0 cm³/mol. The minimum Gasteiger partial charge on any atom is -0.462 e. The van der Waals surface area contributed by atoms with Gasteiger partial charge in [-0.1, -0.05) is 0 Å². The van der Waals surface area contributed by atoms with Crippen LogP contribution in [0.2, 0.25) is 0 Å². The van der Waals surface area contributed by atoms with Crippen LogP contribution in [0.1, 0.15) is 17.9 Å². The molecule has 1 N–H and O–H groups in total. The van der Waals surface area contributed by atoms with E-state index in [0.717, 1.165) is 30.1 Å². The van der Waals surface area contributed by atoms with Crippen LogP contribution < -0.4 is 5.32 Å². The first-order valence-corrected chi connectivity index (χ1v) is 4.31. The normalized spacial score (nSPS) is 19.5. The van der Waals surface area contributed by atoms with Gasteiger partial charge in [-0.3, -0.25) is 4.79 Å². The second-order valence-electron chi connectivity index (χ2n) is 3.12. The second-order valence-corrected chi connectivity index (χ2v) is 3.12. The second kappa shape index (κ2) is 3.09. The molecule has 1 aliphatic heterocycles. The highest BCUT2D eigenvalue weighted by Crippen LogP contribution is 2.15. The highest BCUT2D eigenvalue weighted by atomic mass is 16.3. The fourth-order valence-corrected chi connectivity index (χ4v) is 1.38. The van der Waals surface area contributed by atoms with Crippen LogP contribution in [-0.4, -0.2) is 12.5 Å². The number of nitrogens with one attached hydrogen (secondary N) is 1. The van der Waals surface area contributed by atoms with Gasteiger partial charge < -0.3 is 9.73 Å². The Balaban J connectivity index is 2.24. The number of carbonyl (C=O) groups excluding carboxylic acids is 1. The maximum atomic E-state index is 11.2. The van der Waals surface area contributed by atoms with E-state index in [1.165, 1.54) is 0 Å². The van der Waals surface area contributed by atoms with Crippen LogP contribution in [0.5, 0.6) is 0 Å². The van der Waals surface area contributed by atoms with Gasteiger partial charge in [0.25, 0.3) is 0 Å². The van der Waals surface area contributed by atoms with Crippen molar-refractivity contribution in [1.29, 1.82) is 0 Å². The quantitative estimate of drug-likeness (QED) is 0.660. The average Bonchev–Trinajstić information content (AvgIpc) is 2.64. The Morgan fingerprint density at radius 3 is 2.92 bits per heavy atom. The first-order valence-electron chi connectivity index (χ1n) is 4.31. The molecule has 0 aromatic carbocycles. The molecule has 0 atom stereocenters. The fraction of sp³-hybridized carbons (Fsp3) is 0.300. The van der Waals surface area contributed by atoms with E-state index in [1.807, 2.05) is 19.1 Å². The molecule has 1 fully saturated rings. The van der Waals surface area contributed by atoms with Crippen LogP contribution >= 0.6 is 0 Å². The van der Waals surface area contributed by atoms with Crippen molar-refractivity contribution < 1.29 is 9.21 Å². The Morgan fingerprint density at radius 2 is 2.38 bits per heavy atom. The summed E-state index contributed by atoms with van der Waals surface area (Å²) in [6.07, 6.45) is 2.59. The zero-order chi connectivity index (χ0) is 9.26. The van der Waals surface area contributed by atoms with Gasteiger partial charge in [0.1, 0.15) is 11.5 Å². The van der Waals surface area contributed by atoms with Crippen molar-refractivity contribution in [3.8, 4) is 0 Å². The molecule has 0 radical (unpaired) electrons. The monoisotopic (exact) mass is 177 g/mol. The first-order chi connectivity index (χ1) is 6.25. The van der Waals surface area contributed by atoms with Crippen molar-refractivity contribution in [3.05, 3.63) is 29.2 Å². The van der Waals surface area contributed by atoms with E-state index in [0.29, 0.717) is 0 Å². The van der Waals surface area contributed by atoms with Gasteiger partial charge >= 0.3 is 0 Å². The molecule has 2 heterocycles. The molecule has 1 aromatic rings. The van der Waals surface area contributed by atoms with Gasteiger partial charge in [-0.25, -0.2) is 0 Å². The molecule has 3 nitrogen and oxygen atoms in total. The summed E-state index contributed by atoms with van der Waals surface area (Å²) in [6.45, 7) is 2.63. The van der Waals surface area contributed by atoms with Crippen molar-refractivity contribution in [2.75, 3.05) is 6.54 Å². The predicted octanol–water partition coefficient (Wildman–Crippen LogP) is 1.49. The molecule has 0 aliphatic carbocycles. The van der Waals surface area contributed by atoms with Gasteiger partial charge in [0.05, 0.1) is 0 Å². The lowest BCUT2D eigenvalue weighted by Gasteiger charge is -1.90. The Bertz CT molecular complexity index is 363. The molecule has 68 valence electrons. The molecule has 13 heavy (non-hydrogen) atoms. The lowest BCUT2D eigenvalue weighted by atomic mass is 10.2. The molecule has 2 rings (SSSR count). The van der Waals surface area contributed by atoms with Crippen LogP contribution in [0, 0.1) is 6.92 Å². The summed E-state index contributed by atoms with van der Waals surface area (Å²) in [7, 11) is 0. The van der Waals surface area contributed by atoms with Gasteiger partial charge in [-0.2, -0.15) is 0 Å². The van der Waals surface area contributed by atoms with Gasteiger partial charge in [0.2, 0.25) is 5.91 Å². The maximum absolute atomic E-state index is 11.2. The average molecular weight is 177 g/mol. The van der Waals surface area contributed by atoms with Gasteiger partial charge in [-0.15, -0.1) is 0 Å². The van der Waals surface area contributed by atoms with Crippen LogP contribution in [0.25, 0.3) is 6.08 Å². The van der Waals surface area contributed by atoms with Crippen LogP contribution in [0.15, 0.2) is 22.1 Å². The van der Waals surface area contributed by atoms with E-state index in [9.17, 15) is 4.79 Å². The van der Waals surface area contributed by atoms with Gasteiger partial charge in [-0.05, 0) is 31.6 Å². The smallest absolute Gasteiger partial charge is 0.247 e. The lowest BCUT2D eigenvalue weighted by molar-refractivity contribution is -0.116. The lowest BCUT2D eigenvalue weighted by Crippen LogP contribution is -2.13. The van der Waals surface area contributed by atoms with Crippen molar-refractivity contribution in [3.63, 3.8) is 0 Å². The van der Waals surface area contributed by atoms with Crippen molar-refractivity contribution in [2.24, 2.45) is 0 Å². The number of furan rings is 1. The Morgan fingerprint density at radius 1 is 1.54 bits per heavy atom. The van der Waals surface area contributed by atoms with Crippen molar-refractivity contribution in [2.45, 2.75) is 13.3 Å². The first kappa shape index (κ1) is 8.10. The molecule has 0 spiro atoms. The molecule has 0 unspecified atom stereocenters. The summed E-state index contributed by atoms with van der Waals surface area (Å²) in [6, 6.07) is 3.76. The summed E-state index contributed by atoms with van der Waals surface area (Å²) < 4.78 is 5.34. The topological polar surface area (TPSA) is 42.2 Å². The van der Waals surface area contributed by atoms with E-state index in [4.69, 9.17) is 4.42 Å². The van der Waals surface area contributed by atoms with Crippen LogP contribution in [-0.2, 0) is 4.79 Å². The summed E-state index contributed by atoms with van der Waals surface area (Å²) >= 11 is 0. The molecule has 1 aromatic heterocycles. The molecular weight excluding hydrogens is 166 g/mol. The van der Waals surface area contributed by atoms with Gasteiger partial charge in [0.15, 0.2) is 0 Å². The Labute approximate surface area is 76.4 Å². The number of hydrogen-bond acceptors (Lipinski definition) is 2. The minimum atomic E-state index is 0.0223.